The van der Waals surface area contributed by atoms with Gasteiger partial charge in [0.15, 0.2) is 0 Å². The van der Waals surface area contributed by atoms with Crippen LogP contribution in [0.4, 0.5) is 0 Å². The van der Waals surface area contributed by atoms with E-state index in [1.165, 1.54) is 0 Å². The zero-order chi connectivity index (χ0) is 16.4. The molecule has 0 unspecified atom stereocenters. The maximum atomic E-state index is 12.5. The molecule has 23 heavy (non-hydrogen) atoms. The molecule has 0 saturated heterocycles. The second-order valence-electron chi connectivity index (χ2n) is 5.78. The van der Waals surface area contributed by atoms with Crippen LogP contribution in [0.1, 0.15) is 13.8 Å². The summed E-state index contributed by atoms with van der Waals surface area (Å²) in [5.74, 6) is 0.997. The Morgan fingerprint density at radius 1 is 1.17 bits per heavy atom. The van der Waals surface area contributed by atoms with E-state index in [9.17, 15) is 4.79 Å². The molecule has 1 aromatic heterocycles. The van der Waals surface area contributed by atoms with Crippen LogP contribution in [0, 0.1) is 5.92 Å². The molecule has 5 heteroatoms. The number of halogens is 1. The summed E-state index contributed by atoms with van der Waals surface area (Å²) in [5, 5.41) is 2.37. The molecule has 3 rings (SSSR count). The molecular weight excluding hydrogens is 312 g/mol. The van der Waals surface area contributed by atoms with Gasteiger partial charge in [0.1, 0.15) is 5.75 Å². The number of nitrogens with zero attached hydrogens (tertiary/aromatic N) is 2. The van der Waals surface area contributed by atoms with Crippen molar-refractivity contribution in [3.05, 3.63) is 64.2 Å². The lowest BCUT2D eigenvalue weighted by Crippen LogP contribution is -2.23. The number of fused-ring (bicyclic) bond motifs is 1. The topological polar surface area (TPSA) is 44.1 Å². The lowest BCUT2D eigenvalue weighted by atomic mass is 10.1. The predicted molar refractivity (Wildman–Crippen MR) is 92.4 cm³/mol. The first-order valence-electron chi connectivity index (χ1n) is 7.47. The molecule has 1 heterocycles. The molecule has 0 bridgehead atoms. The second-order valence-corrected chi connectivity index (χ2v) is 6.18. The van der Waals surface area contributed by atoms with Crippen LogP contribution in [0.25, 0.3) is 10.8 Å². The third-order valence-corrected chi connectivity index (χ3v) is 3.81. The highest BCUT2D eigenvalue weighted by atomic mass is 35.5. The van der Waals surface area contributed by atoms with Crippen LogP contribution in [0.5, 0.6) is 11.6 Å². The Hall–Kier alpha value is -2.33. The zero-order valence-electron chi connectivity index (χ0n) is 13.0. The van der Waals surface area contributed by atoms with Crippen molar-refractivity contribution < 1.29 is 4.74 Å². The number of aromatic nitrogens is 2. The Morgan fingerprint density at radius 2 is 1.91 bits per heavy atom. The van der Waals surface area contributed by atoms with Crippen molar-refractivity contribution in [2.45, 2.75) is 20.4 Å². The lowest BCUT2D eigenvalue weighted by Gasteiger charge is -2.11. The van der Waals surface area contributed by atoms with Crippen molar-refractivity contribution in [3.63, 3.8) is 0 Å². The number of ether oxygens (including phenoxy) is 1. The molecule has 0 atom stereocenters. The molecular formula is C18H17ClN2O2. The number of hydrogen-bond acceptors (Lipinski definition) is 3. The van der Waals surface area contributed by atoms with Crippen molar-refractivity contribution >= 4 is 22.4 Å². The third kappa shape index (κ3) is 3.22. The summed E-state index contributed by atoms with van der Waals surface area (Å²) in [6.45, 7) is 4.74. The fourth-order valence-corrected chi connectivity index (χ4v) is 2.69. The van der Waals surface area contributed by atoms with E-state index in [-0.39, 0.29) is 11.4 Å². The molecule has 0 amide bonds. The first kappa shape index (κ1) is 15.6. The van der Waals surface area contributed by atoms with Gasteiger partial charge in [0.05, 0.1) is 0 Å². The normalized spacial score (nSPS) is 11.1. The summed E-state index contributed by atoms with van der Waals surface area (Å²) in [4.78, 5) is 16.5. The van der Waals surface area contributed by atoms with E-state index in [1.807, 2.05) is 24.3 Å². The summed E-state index contributed by atoms with van der Waals surface area (Å²) < 4.78 is 7.41. The first-order valence-corrected chi connectivity index (χ1v) is 7.84. The van der Waals surface area contributed by atoms with Crippen LogP contribution < -0.4 is 10.3 Å². The highest BCUT2D eigenvalue weighted by Crippen LogP contribution is 2.32. The van der Waals surface area contributed by atoms with Crippen LogP contribution in [-0.2, 0) is 6.54 Å². The highest BCUT2D eigenvalue weighted by molar-refractivity contribution is 6.35. The predicted octanol–water partition coefficient (Wildman–Crippen LogP) is 4.50. The van der Waals surface area contributed by atoms with Gasteiger partial charge in [-0.1, -0.05) is 49.7 Å². The maximum absolute atomic E-state index is 12.5. The Labute approximate surface area is 139 Å². The zero-order valence-corrected chi connectivity index (χ0v) is 13.7. The molecule has 0 aliphatic carbocycles. The van der Waals surface area contributed by atoms with Gasteiger partial charge in [-0.15, -0.1) is 0 Å². The average Bonchev–Trinajstić information content (AvgIpc) is 2.53. The Balaban J connectivity index is 2.04. The molecule has 0 aliphatic heterocycles. The average molecular weight is 329 g/mol. The van der Waals surface area contributed by atoms with Crippen molar-refractivity contribution in [1.29, 1.82) is 0 Å². The van der Waals surface area contributed by atoms with E-state index >= 15 is 0 Å². The molecule has 4 nitrogen and oxygen atoms in total. The highest BCUT2D eigenvalue weighted by Gasteiger charge is 2.11. The van der Waals surface area contributed by atoms with Gasteiger partial charge in [-0.2, -0.15) is 0 Å². The number of benzene rings is 2. The van der Waals surface area contributed by atoms with Crippen LogP contribution in [0.2, 0.25) is 5.02 Å². The second kappa shape index (κ2) is 6.42. The molecule has 0 aliphatic rings. The smallest absolute Gasteiger partial charge is 0.313 e. The number of rotatable bonds is 4. The molecule has 0 fully saturated rings. The summed E-state index contributed by atoms with van der Waals surface area (Å²) in [6.07, 6.45) is 3.26. The molecule has 3 aromatic rings. The quantitative estimate of drug-likeness (QED) is 0.708. The Kier molecular flexibility index (Phi) is 4.35. The van der Waals surface area contributed by atoms with Crippen LogP contribution >= 0.6 is 11.6 Å². The van der Waals surface area contributed by atoms with Crippen molar-refractivity contribution in [1.82, 2.24) is 9.55 Å². The van der Waals surface area contributed by atoms with Crippen LogP contribution in [-0.4, -0.2) is 9.55 Å². The molecule has 0 spiro atoms. The Morgan fingerprint density at radius 3 is 2.65 bits per heavy atom. The van der Waals surface area contributed by atoms with E-state index in [1.54, 1.807) is 29.1 Å². The first-order chi connectivity index (χ1) is 11.1. The Bertz CT molecular complexity index is 903. The van der Waals surface area contributed by atoms with Gasteiger partial charge in [0.2, 0.25) is 0 Å². The molecule has 0 saturated carbocycles. The van der Waals surface area contributed by atoms with Gasteiger partial charge >= 0.3 is 5.56 Å². The fraction of sp³-hybridized carbons (Fsp3) is 0.222. The van der Waals surface area contributed by atoms with Gasteiger partial charge in [0.25, 0.3) is 5.88 Å². The summed E-state index contributed by atoms with van der Waals surface area (Å²) in [7, 11) is 0. The van der Waals surface area contributed by atoms with Crippen molar-refractivity contribution in [2.24, 2.45) is 5.92 Å². The maximum Gasteiger partial charge on any atom is 0.313 e. The molecule has 2 aromatic carbocycles. The van der Waals surface area contributed by atoms with Crippen molar-refractivity contribution in [3.8, 4) is 11.6 Å². The van der Waals surface area contributed by atoms with Crippen molar-refractivity contribution in [2.75, 3.05) is 0 Å². The van der Waals surface area contributed by atoms with E-state index in [0.717, 1.165) is 10.8 Å². The summed E-state index contributed by atoms with van der Waals surface area (Å²) >= 11 is 6.21. The monoisotopic (exact) mass is 328 g/mol. The molecule has 118 valence electrons. The van der Waals surface area contributed by atoms with Gasteiger partial charge in [-0.25, -0.2) is 4.98 Å². The fourth-order valence-electron chi connectivity index (χ4n) is 2.46. The molecule has 0 radical (unpaired) electrons. The minimum Gasteiger partial charge on any atom is -0.434 e. The van der Waals surface area contributed by atoms with Crippen LogP contribution in [0.15, 0.2) is 53.6 Å². The van der Waals surface area contributed by atoms with Gasteiger partial charge < -0.3 is 9.30 Å². The van der Waals surface area contributed by atoms with E-state index < -0.39 is 0 Å². The summed E-state index contributed by atoms with van der Waals surface area (Å²) in [5.41, 5.74) is -0.236. The van der Waals surface area contributed by atoms with Crippen LogP contribution in [0.3, 0.4) is 0 Å². The van der Waals surface area contributed by atoms with Gasteiger partial charge in [0, 0.05) is 34.7 Å². The number of hydrogen-bond donors (Lipinski definition) is 0. The van der Waals surface area contributed by atoms with E-state index in [4.69, 9.17) is 16.3 Å². The largest absolute Gasteiger partial charge is 0.434 e. The van der Waals surface area contributed by atoms with Gasteiger partial charge in [-0.3, -0.25) is 4.79 Å². The standard InChI is InChI=1S/C18H17ClN2O2/c1-12(2)11-21-10-9-20-17(18(21)22)23-16-8-7-15(19)13-5-3-4-6-14(13)16/h3-10,12H,11H2,1-2H3. The minimum atomic E-state index is -0.236. The molecule has 0 N–H and O–H groups in total. The van der Waals surface area contributed by atoms with E-state index in [0.29, 0.717) is 23.2 Å². The lowest BCUT2D eigenvalue weighted by molar-refractivity contribution is 0.436. The summed E-state index contributed by atoms with van der Waals surface area (Å²) in [6, 6.07) is 11.2. The minimum absolute atomic E-state index is 0.0700. The third-order valence-electron chi connectivity index (χ3n) is 3.48. The van der Waals surface area contributed by atoms with E-state index in [2.05, 4.69) is 18.8 Å². The van der Waals surface area contributed by atoms with Gasteiger partial charge in [-0.05, 0) is 18.1 Å². The SMILES string of the molecule is CC(C)Cn1ccnc(Oc2ccc(Cl)c3ccccc23)c1=O.